The van der Waals surface area contributed by atoms with Crippen molar-refractivity contribution in [2.45, 2.75) is 26.2 Å². The summed E-state index contributed by atoms with van der Waals surface area (Å²) in [7, 11) is 1.67. The van der Waals surface area contributed by atoms with Crippen LogP contribution in [0.3, 0.4) is 0 Å². The fraction of sp³-hybridized carbons (Fsp3) is 0.294. The summed E-state index contributed by atoms with van der Waals surface area (Å²) in [6.45, 7) is 6.58. The zero-order chi connectivity index (χ0) is 14.0. The third-order valence-electron chi connectivity index (χ3n) is 3.24. The summed E-state index contributed by atoms with van der Waals surface area (Å²) in [6, 6.07) is 14.3. The lowest BCUT2D eigenvalue weighted by molar-refractivity contribution is 0.415. The maximum atomic E-state index is 6.02. The Bertz CT molecular complexity index is 565. The molecule has 0 atom stereocenters. The van der Waals surface area contributed by atoms with Crippen LogP contribution in [0.25, 0.3) is 11.1 Å². The molecule has 0 saturated carbocycles. The van der Waals surface area contributed by atoms with Gasteiger partial charge in [0.1, 0.15) is 5.75 Å². The average molecular weight is 255 g/mol. The van der Waals surface area contributed by atoms with Gasteiger partial charge in [0.15, 0.2) is 0 Å². The van der Waals surface area contributed by atoms with Crippen LogP contribution < -0.4 is 10.5 Å². The largest absolute Gasteiger partial charge is 0.497 e. The molecule has 0 heterocycles. The van der Waals surface area contributed by atoms with E-state index in [0.29, 0.717) is 0 Å². The second-order valence-electron chi connectivity index (χ2n) is 5.82. The topological polar surface area (TPSA) is 35.2 Å². The summed E-state index contributed by atoms with van der Waals surface area (Å²) in [5, 5.41) is 0. The minimum absolute atomic E-state index is 0.0938. The van der Waals surface area contributed by atoms with Gasteiger partial charge in [-0.2, -0.15) is 0 Å². The van der Waals surface area contributed by atoms with E-state index in [0.717, 1.165) is 22.6 Å². The van der Waals surface area contributed by atoms with Gasteiger partial charge in [-0.1, -0.05) is 39.0 Å². The van der Waals surface area contributed by atoms with Gasteiger partial charge in [-0.05, 0) is 46.4 Å². The van der Waals surface area contributed by atoms with Crippen LogP contribution in [-0.2, 0) is 5.41 Å². The van der Waals surface area contributed by atoms with Crippen LogP contribution in [0.15, 0.2) is 42.5 Å². The Balaban J connectivity index is 2.46. The minimum atomic E-state index is 0.0938. The summed E-state index contributed by atoms with van der Waals surface area (Å²) in [4.78, 5) is 0. The predicted molar refractivity (Wildman–Crippen MR) is 81.5 cm³/mol. The van der Waals surface area contributed by atoms with Crippen LogP contribution >= 0.6 is 0 Å². The molecular weight excluding hydrogens is 234 g/mol. The van der Waals surface area contributed by atoms with Crippen molar-refractivity contribution >= 4 is 5.69 Å². The van der Waals surface area contributed by atoms with Crippen molar-refractivity contribution in [3.05, 3.63) is 48.0 Å². The van der Waals surface area contributed by atoms with Gasteiger partial charge in [-0.25, -0.2) is 0 Å². The standard InChI is InChI=1S/C17H21NO/c1-17(2,3)14-9-13(10-15(18)11-14)12-5-7-16(19-4)8-6-12/h5-11H,18H2,1-4H3. The number of hydrogen-bond acceptors (Lipinski definition) is 2. The van der Waals surface area contributed by atoms with Gasteiger partial charge in [-0.15, -0.1) is 0 Å². The molecule has 2 heteroatoms. The molecule has 2 N–H and O–H groups in total. The molecule has 0 spiro atoms. The van der Waals surface area contributed by atoms with E-state index in [2.05, 4.69) is 39.0 Å². The zero-order valence-electron chi connectivity index (χ0n) is 12.0. The molecule has 0 fully saturated rings. The fourth-order valence-electron chi connectivity index (χ4n) is 2.03. The average Bonchev–Trinajstić information content (AvgIpc) is 2.37. The Labute approximate surface area is 115 Å². The first-order chi connectivity index (χ1) is 8.90. The van der Waals surface area contributed by atoms with Crippen LogP contribution in [0.4, 0.5) is 5.69 Å². The van der Waals surface area contributed by atoms with E-state index in [-0.39, 0.29) is 5.41 Å². The Morgan fingerprint density at radius 2 is 1.53 bits per heavy atom. The third kappa shape index (κ3) is 3.08. The Kier molecular flexibility index (Phi) is 3.52. The number of rotatable bonds is 2. The van der Waals surface area contributed by atoms with Crippen molar-refractivity contribution in [1.29, 1.82) is 0 Å². The maximum absolute atomic E-state index is 6.02. The molecule has 2 rings (SSSR count). The lowest BCUT2D eigenvalue weighted by Crippen LogP contribution is -2.11. The highest BCUT2D eigenvalue weighted by Crippen LogP contribution is 2.30. The van der Waals surface area contributed by atoms with Gasteiger partial charge < -0.3 is 10.5 Å². The Morgan fingerprint density at radius 1 is 0.895 bits per heavy atom. The first-order valence-corrected chi connectivity index (χ1v) is 6.45. The molecule has 2 aromatic rings. The molecule has 0 aliphatic rings. The van der Waals surface area contributed by atoms with Crippen molar-refractivity contribution in [1.82, 2.24) is 0 Å². The van der Waals surface area contributed by atoms with E-state index in [1.165, 1.54) is 5.56 Å². The van der Waals surface area contributed by atoms with E-state index in [9.17, 15) is 0 Å². The highest BCUT2D eigenvalue weighted by molar-refractivity contribution is 5.69. The van der Waals surface area contributed by atoms with Crippen LogP contribution in [0.1, 0.15) is 26.3 Å². The number of benzene rings is 2. The van der Waals surface area contributed by atoms with E-state index in [1.54, 1.807) is 7.11 Å². The first kappa shape index (κ1) is 13.5. The van der Waals surface area contributed by atoms with E-state index in [4.69, 9.17) is 10.5 Å². The molecule has 19 heavy (non-hydrogen) atoms. The normalized spacial score (nSPS) is 11.4. The highest BCUT2D eigenvalue weighted by atomic mass is 16.5. The SMILES string of the molecule is COc1ccc(-c2cc(N)cc(C(C)(C)C)c2)cc1. The Hall–Kier alpha value is -1.96. The van der Waals surface area contributed by atoms with Crippen molar-refractivity contribution < 1.29 is 4.74 Å². The third-order valence-corrected chi connectivity index (χ3v) is 3.24. The molecule has 100 valence electrons. The van der Waals surface area contributed by atoms with E-state index < -0.39 is 0 Å². The quantitative estimate of drug-likeness (QED) is 0.814. The molecule has 2 aromatic carbocycles. The van der Waals surface area contributed by atoms with Gasteiger partial charge in [0, 0.05) is 5.69 Å². The molecule has 0 unspecified atom stereocenters. The highest BCUT2D eigenvalue weighted by Gasteiger charge is 2.15. The summed E-state index contributed by atoms with van der Waals surface area (Å²) in [5.74, 6) is 0.865. The molecule has 0 bridgehead atoms. The minimum Gasteiger partial charge on any atom is -0.497 e. The lowest BCUT2D eigenvalue weighted by Gasteiger charge is -2.20. The van der Waals surface area contributed by atoms with Crippen molar-refractivity contribution in [2.24, 2.45) is 0 Å². The molecule has 0 aliphatic carbocycles. The number of nitrogens with two attached hydrogens (primary N) is 1. The predicted octanol–water partition coefficient (Wildman–Crippen LogP) is 4.24. The number of anilines is 1. The van der Waals surface area contributed by atoms with Gasteiger partial charge in [0.25, 0.3) is 0 Å². The van der Waals surface area contributed by atoms with E-state index >= 15 is 0 Å². The molecule has 0 saturated heterocycles. The molecule has 2 nitrogen and oxygen atoms in total. The van der Waals surface area contributed by atoms with Crippen molar-refractivity contribution in [2.75, 3.05) is 12.8 Å². The van der Waals surface area contributed by atoms with Gasteiger partial charge in [0.05, 0.1) is 7.11 Å². The van der Waals surface area contributed by atoms with Crippen molar-refractivity contribution in [3.63, 3.8) is 0 Å². The molecule has 0 radical (unpaired) electrons. The van der Waals surface area contributed by atoms with Crippen LogP contribution in [0.2, 0.25) is 0 Å². The fourth-order valence-corrected chi connectivity index (χ4v) is 2.03. The first-order valence-electron chi connectivity index (χ1n) is 6.45. The monoisotopic (exact) mass is 255 g/mol. The smallest absolute Gasteiger partial charge is 0.118 e. The zero-order valence-corrected chi connectivity index (χ0v) is 12.0. The summed E-state index contributed by atoms with van der Waals surface area (Å²) >= 11 is 0. The lowest BCUT2D eigenvalue weighted by atomic mass is 9.85. The number of methoxy groups -OCH3 is 1. The molecule has 0 amide bonds. The maximum Gasteiger partial charge on any atom is 0.118 e. The number of nitrogen functional groups attached to an aromatic ring is 1. The Morgan fingerprint density at radius 3 is 2.05 bits per heavy atom. The molecule has 0 aromatic heterocycles. The summed E-state index contributed by atoms with van der Waals surface area (Å²) < 4.78 is 5.18. The van der Waals surface area contributed by atoms with Crippen LogP contribution in [0, 0.1) is 0 Å². The van der Waals surface area contributed by atoms with Gasteiger partial charge in [0.2, 0.25) is 0 Å². The summed E-state index contributed by atoms with van der Waals surface area (Å²) in [6.07, 6.45) is 0. The molecular formula is C17H21NO. The second kappa shape index (κ2) is 4.96. The van der Waals surface area contributed by atoms with Crippen LogP contribution in [0.5, 0.6) is 5.75 Å². The number of hydrogen-bond donors (Lipinski definition) is 1. The summed E-state index contributed by atoms with van der Waals surface area (Å²) in [5.41, 5.74) is 10.5. The second-order valence-corrected chi connectivity index (χ2v) is 5.82. The van der Waals surface area contributed by atoms with Crippen molar-refractivity contribution in [3.8, 4) is 16.9 Å². The van der Waals surface area contributed by atoms with E-state index in [1.807, 2.05) is 24.3 Å². The number of ether oxygens (including phenoxy) is 1. The molecule has 0 aliphatic heterocycles. The van der Waals surface area contributed by atoms with Gasteiger partial charge in [-0.3, -0.25) is 0 Å². The van der Waals surface area contributed by atoms with Gasteiger partial charge >= 0.3 is 0 Å². The van der Waals surface area contributed by atoms with Crippen LogP contribution in [-0.4, -0.2) is 7.11 Å².